The van der Waals surface area contributed by atoms with Gasteiger partial charge in [0, 0.05) is 43.5 Å². The van der Waals surface area contributed by atoms with Gasteiger partial charge in [-0.2, -0.15) is 4.31 Å². The summed E-state index contributed by atoms with van der Waals surface area (Å²) in [6, 6.07) is 3.93. The van der Waals surface area contributed by atoms with E-state index < -0.39 is 10.0 Å². The first-order chi connectivity index (χ1) is 13.4. The van der Waals surface area contributed by atoms with Crippen molar-refractivity contribution in [3.05, 3.63) is 17.0 Å². The standard InChI is InChI=1S/C19H34N4O3S2.HI/c1-4-20-19(22-15-7-9-16(24)10-8-15)21-14-13-17-11-12-18(27-17)28(25,26)23(5-2)6-3;/h11-12,15-16,24H,4-10,13-14H2,1-3H3,(H2,20,21,22);1H. The van der Waals surface area contributed by atoms with Crippen LogP contribution in [0, 0.1) is 0 Å². The smallest absolute Gasteiger partial charge is 0.252 e. The van der Waals surface area contributed by atoms with E-state index in [1.54, 1.807) is 6.07 Å². The molecular weight excluding hydrogens is 523 g/mol. The van der Waals surface area contributed by atoms with Crippen LogP contribution in [0.1, 0.15) is 51.3 Å². The van der Waals surface area contributed by atoms with Crippen molar-refractivity contribution in [3.8, 4) is 0 Å². The fraction of sp³-hybridized carbons (Fsp3) is 0.737. The van der Waals surface area contributed by atoms with Crippen molar-refractivity contribution in [2.24, 2.45) is 4.99 Å². The van der Waals surface area contributed by atoms with E-state index in [0.717, 1.165) is 43.1 Å². The normalized spacial score (nSPS) is 20.4. The van der Waals surface area contributed by atoms with E-state index in [4.69, 9.17) is 0 Å². The lowest BCUT2D eigenvalue weighted by molar-refractivity contribution is 0.120. The van der Waals surface area contributed by atoms with Crippen LogP contribution in [0.5, 0.6) is 0 Å². The highest BCUT2D eigenvalue weighted by Crippen LogP contribution is 2.25. The van der Waals surface area contributed by atoms with Crippen LogP contribution in [0.15, 0.2) is 21.3 Å². The monoisotopic (exact) mass is 558 g/mol. The fourth-order valence-corrected chi connectivity index (χ4v) is 6.29. The average molecular weight is 559 g/mol. The van der Waals surface area contributed by atoms with Gasteiger partial charge in [-0.25, -0.2) is 8.42 Å². The van der Waals surface area contributed by atoms with Gasteiger partial charge < -0.3 is 15.7 Å². The molecule has 1 aliphatic rings. The quantitative estimate of drug-likeness (QED) is 0.246. The lowest BCUT2D eigenvalue weighted by Gasteiger charge is -2.27. The maximum absolute atomic E-state index is 12.6. The van der Waals surface area contributed by atoms with Crippen molar-refractivity contribution in [1.29, 1.82) is 0 Å². The highest BCUT2D eigenvalue weighted by Gasteiger charge is 2.23. The molecule has 1 fully saturated rings. The topological polar surface area (TPSA) is 94.0 Å². The van der Waals surface area contributed by atoms with Gasteiger partial charge in [0.05, 0.1) is 6.10 Å². The predicted molar refractivity (Wildman–Crippen MR) is 131 cm³/mol. The highest BCUT2D eigenvalue weighted by atomic mass is 127. The lowest BCUT2D eigenvalue weighted by atomic mass is 9.93. The second kappa shape index (κ2) is 13.1. The highest BCUT2D eigenvalue weighted by molar-refractivity contribution is 14.0. The van der Waals surface area contributed by atoms with Gasteiger partial charge in [-0.3, -0.25) is 4.99 Å². The van der Waals surface area contributed by atoms with Crippen molar-refractivity contribution in [2.75, 3.05) is 26.2 Å². The van der Waals surface area contributed by atoms with Gasteiger partial charge in [0.2, 0.25) is 0 Å². The van der Waals surface area contributed by atoms with Crippen molar-refractivity contribution in [2.45, 2.75) is 69.2 Å². The molecule has 0 spiro atoms. The third-order valence-corrected chi connectivity index (χ3v) is 8.61. The molecule has 0 aliphatic heterocycles. The minimum absolute atomic E-state index is 0. The molecule has 0 saturated heterocycles. The fourth-order valence-electron chi connectivity index (χ4n) is 3.33. The van der Waals surface area contributed by atoms with Crippen molar-refractivity contribution in [3.63, 3.8) is 0 Å². The number of guanidine groups is 1. The number of halogens is 1. The lowest BCUT2D eigenvalue weighted by Crippen LogP contribution is -2.45. The summed E-state index contributed by atoms with van der Waals surface area (Å²) in [5, 5.41) is 16.4. The number of aliphatic hydroxyl groups is 1. The average Bonchev–Trinajstić information content (AvgIpc) is 3.14. The number of nitrogens with one attached hydrogen (secondary N) is 2. The number of nitrogens with zero attached hydrogens (tertiary/aromatic N) is 2. The molecule has 7 nitrogen and oxygen atoms in total. The zero-order valence-corrected chi connectivity index (χ0v) is 21.5. The Labute approximate surface area is 196 Å². The minimum atomic E-state index is -3.38. The Balaban J connectivity index is 0.00000420. The van der Waals surface area contributed by atoms with E-state index in [2.05, 4.69) is 15.6 Å². The molecule has 0 amide bonds. The number of aliphatic hydroxyl groups excluding tert-OH is 1. The van der Waals surface area contributed by atoms with Crippen LogP contribution < -0.4 is 10.6 Å². The van der Waals surface area contributed by atoms with Gasteiger partial charge in [-0.05, 0) is 44.7 Å². The Kier molecular flexibility index (Phi) is 12.0. The van der Waals surface area contributed by atoms with Crippen LogP contribution in [0.4, 0.5) is 0 Å². The van der Waals surface area contributed by atoms with Gasteiger partial charge in [0.25, 0.3) is 10.0 Å². The van der Waals surface area contributed by atoms with E-state index in [9.17, 15) is 13.5 Å². The van der Waals surface area contributed by atoms with Gasteiger partial charge in [0.15, 0.2) is 5.96 Å². The number of hydrogen-bond acceptors (Lipinski definition) is 5. The first-order valence-electron chi connectivity index (χ1n) is 10.2. The SMILES string of the molecule is CCNC(=NCCc1ccc(S(=O)(=O)N(CC)CC)s1)NC1CCC(O)CC1.I. The van der Waals surface area contributed by atoms with Crippen LogP contribution in [0.25, 0.3) is 0 Å². The molecule has 0 bridgehead atoms. The second-order valence-corrected chi connectivity index (χ2v) is 10.3. The molecule has 2 rings (SSSR count). The summed E-state index contributed by atoms with van der Waals surface area (Å²) in [6.45, 7) is 8.07. The van der Waals surface area contributed by atoms with Crippen molar-refractivity contribution >= 4 is 51.3 Å². The first-order valence-corrected chi connectivity index (χ1v) is 12.5. The Bertz CT molecular complexity index is 728. The van der Waals surface area contributed by atoms with Crippen LogP contribution in [0.3, 0.4) is 0 Å². The third-order valence-electron chi connectivity index (χ3n) is 4.95. The Morgan fingerprint density at radius 2 is 1.86 bits per heavy atom. The van der Waals surface area contributed by atoms with E-state index in [1.165, 1.54) is 15.6 Å². The number of thiophene rings is 1. The summed E-state index contributed by atoms with van der Waals surface area (Å²) in [6.07, 6.45) is 4.09. The first kappa shape index (κ1) is 26.6. The maximum atomic E-state index is 12.6. The molecule has 10 heteroatoms. The van der Waals surface area contributed by atoms with Crippen molar-refractivity contribution < 1.29 is 13.5 Å². The summed E-state index contributed by atoms with van der Waals surface area (Å²) < 4.78 is 27.1. The molecular formula is C19H35IN4O3S2. The van der Waals surface area contributed by atoms with E-state index in [-0.39, 0.29) is 30.1 Å². The summed E-state index contributed by atoms with van der Waals surface area (Å²) in [5.74, 6) is 0.788. The summed E-state index contributed by atoms with van der Waals surface area (Å²) in [4.78, 5) is 5.66. The predicted octanol–water partition coefficient (Wildman–Crippen LogP) is 2.80. The molecule has 1 aromatic heterocycles. The zero-order valence-electron chi connectivity index (χ0n) is 17.6. The molecule has 0 unspecified atom stereocenters. The van der Waals surface area contributed by atoms with Crippen LogP contribution in [-0.2, 0) is 16.4 Å². The molecule has 1 aliphatic carbocycles. The van der Waals surface area contributed by atoms with E-state index >= 15 is 0 Å². The molecule has 29 heavy (non-hydrogen) atoms. The Morgan fingerprint density at radius 3 is 2.45 bits per heavy atom. The molecule has 1 heterocycles. The van der Waals surface area contributed by atoms with Gasteiger partial charge in [-0.1, -0.05) is 13.8 Å². The molecule has 0 atom stereocenters. The van der Waals surface area contributed by atoms with Gasteiger partial charge in [-0.15, -0.1) is 35.3 Å². The zero-order chi connectivity index (χ0) is 20.6. The number of hydrogen-bond donors (Lipinski definition) is 3. The van der Waals surface area contributed by atoms with Crippen molar-refractivity contribution in [1.82, 2.24) is 14.9 Å². The van der Waals surface area contributed by atoms with E-state index in [0.29, 0.717) is 36.3 Å². The Hall–Kier alpha value is -0.430. The molecule has 168 valence electrons. The molecule has 1 saturated carbocycles. The van der Waals surface area contributed by atoms with Crippen LogP contribution in [0.2, 0.25) is 0 Å². The minimum Gasteiger partial charge on any atom is -0.393 e. The number of sulfonamides is 1. The van der Waals surface area contributed by atoms with Crippen LogP contribution in [-0.4, -0.2) is 62.1 Å². The van der Waals surface area contributed by atoms with Gasteiger partial charge >= 0.3 is 0 Å². The van der Waals surface area contributed by atoms with E-state index in [1.807, 2.05) is 26.8 Å². The molecule has 0 radical (unpaired) electrons. The van der Waals surface area contributed by atoms with Gasteiger partial charge in [0.1, 0.15) is 4.21 Å². The summed E-state index contributed by atoms with van der Waals surface area (Å²) >= 11 is 1.33. The summed E-state index contributed by atoms with van der Waals surface area (Å²) in [5.41, 5.74) is 0. The maximum Gasteiger partial charge on any atom is 0.252 e. The largest absolute Gasteiger partial charge is 0.393 e. The molecule has 3 N–H and O–H groups in total. The summed E-state index contributed by atoms with van der Waals surface area (Å²) in [7, 11) is -3.38. The number of aliphatic imine (C=N–C) groups is 1. The third kappa shape index (κ3) is 7.97. The number of rotatable bonds is 9. The second-order valence-electron chi connectivity index (χ2n) is 6.97. The Morgan fingerprint density at radius 1 is 1.21 bits per heavy atom. The molecule has 1 aromatic rings. The van der Waals surface area contributed by atoms with Crippen LogP contribution >= 0.6 is 35.3 Å². The molecule has 0 aromatic carbocycles.